The zero-order valence-corrected chi connectivity index (χ0v) is 12.8. The van der Waals surface area contributed by atoms with E-state index in [1.165, 1.54) is 0 Å². The van der Waals surface area contributed by atoms with Crippen LogP contribution < -0.4 is 21.0 Å². The maximum Gasteiger partial charge on any atom is 0.242 e. The second-order valence-electron chi connectivity index (χ2n) is 5.28. The van der Waals surface area contributed by atoms with Crippen LogP contribution in [0.3, 0.4) is 0 Å². The monoisotopic (exact) mass is 303 g/mol. The Bertz CT molecular complexity index is 554. The van der Waals surface area contributed by atoms with Crippen molar-refractivity contribution in [2.75, 3.05) is 32.1 Å². The van der Waals surface area contributed by atoms with Crippen LogP contribution in [-0.4, -0.2) is 51.3 Å². The molecule has 0 saturated carbocycles. The minimum absolute atomic E-state index is 0.0722. The fraction of sp³-hybridized carbons (Fsp3) is 0.400. The summed E-state index contributed by atoms with van der Waals surface area (Å²) in [5, 5.41) is 9.61. The Morgan fingerprint density at radius 3 is 2.73 bits per heavy atom. The molecule has 1 aromatic carbocycles. The predicted molar refractivity (Wildman–Crippen MR) is 85.9 cm³/mol. The highest BCUT2D eigenvalue weighted by atomic mass is 16.2. The zero-order valence-electron chi connectivity index (χ0n) is 12.8. The van der Waals surface area contributed by atoms with E-state index < -0.39 is 6.04 Å². The molecule has 0 bridgehead atoms. The third kappa shape index (κ3) is 4.56. The number of benzene rings is 1. The number of anilines is 1. The molecule has 0 aromatic heterocycles. The van der Waals surface area contributed by atoms with E-state index in [9.17, 15) is 9.59 Å². The van der Waals surface area contributed by atoms with Crippen LogP contribution in [0.15, 0.2) is 29.4 Å². The van der Waals surface area contributed by atoms with Gasteiger partial charge in [-0.2, -0.15) is 5.10 Å². The quantitative estimate of drug-likeness (QED) is 0.514. The molecule has 0 aliphatic carbocycles. The number of nitrogens with one attached hydrogen (secondary N) is 3. The largest absolute Gasteiger partial charge is 0.378 e. The zero-order chi connectivity index (χ0) is 15.9. The molecular formula is C15H21N5O2. The Morgan fingerprint density at radius 2 is 2.09 bits per heavy atom. The van der Waals surface area contributed by atoms with Gasteiger partial charge in [0.25, 0.3) is 0 Å². The average Bonchev–Trinajstić information content (AvgIpc) is 2.50. The molecule has 22 heavy (non-hydrogen) atoms. The summed E-state index contributed by atoms with van der Waals surface area (Å²) < 4.78 is 0. The number of amides is 2. The number of piperazine rings is 1. The molecule has 1 fully saturated rings. The van der Waals surface area contributed by atoms with E-state index in [4.69, 9.17) is 0 Å². The van der Waals surface area contributed by atoms with Gasteiger partial charge in [0.2, 0.25) is 11.8 Å². The van der Waals surface area contributed by atoms with Crippen LogP contribution >= 0.6 is 0 Å². The normalized spacial score (nSPS) is 18.1. The van der Waals surface area contributed by atoms with Crippen LogP contribution in [-0.2, 0) is 9.59 Å². The van der Waals surface area contributed by atoms with E-state index >= 15 is 0 Å². The lowest BCUT2D eigenvalue weighted by Gasteiger charge is -2.22. The van der Waals surface area contributed by atoms with Gasteiger partial charge in [0, 0.05) is 32.9 Å². The van der Waals surface area contributed by atoms with Crippen molar-refractivity contribution in [2.24, 2.45) is 5.10 Å². The molecule has 1 saturated heterocycles. The molecule has 1 heterocycles. The highest BCUT2D eigenvalue weighted by Gasteiger charge is 2.23. The molecule has 2 amide bonds. The molecule has 2 rings (SSSR count). The van der Waals surface area contributed by atoms with Crippen molar-refractivity contribution in [3.05, 3.63) is 29.8 Å². The molecule has 7 heteroatoms. The van der Waals surface area contributed by atoms with Crippen LogP contribution in [0.1, 0.15) is 12.0 Å². The van der Waals surface area contributed by atoms with Gasteiger partial charge in [0.1, 0.15) is 0 Å². The molecule has 3 N–H and O–H groups in total. The van der Waals surface area contributed by atoms with Crippen molar-refractivity contribution in [2.45, 2.75) is 12.5 Å². The van der Waals surface area contributed by atoms with Gasteiger partial charge in [-0.3, -0.25) is 9.59 Å². The Balaban J connectivity index is 1.81. The lowest BCUT2D eigenvalue weighted by molar-refractivity contribution is -0.129. The number of hydrogen-bond acceptors (Lipinski definition) is 5. The number of hydrogen-bond donors (Lipinski definition) is 3. The van der Waals surface area contributed by atoms with E-state index in [0.717, 1.165) is 11.3 Å². The smallest absolute Gasteiger partial charge is 0.242 e. The summed E-state index contributed by atoms with van der Waals surface area (Å²) in [5.41, 5.74) is 4.42. The van der Waals surface area contributed by atoms with Gasteiger partial charge in [-0.25, -0.2) is 5.43 Å². The molecular weight excluding hydrogens is 282 g/mol. The Kier molecular flexibility index (Phi) is 5.48. The SMILES string of the molecule is CN(C)c1ccc(/C=N\NC(=O)C[C@@H]2NCCNC2=O)cc1. The van der Waals surface area contributed by atoms with Gasteiger partial charge in [-0.1, -0.05) is 12.1 Å². The van der Waals surface area contributed by atoms with Crippen molar-refractivity contribution >= 4 is 23.7 Å². The first kappa shape index (κ1) is 16.0. The van der Waals surface area contributed by atoms with Crippen molar-refractivity contribution < 1.29 is 9.59 Å². The van der Waals surface area contributed by atoms with Crippen molar-refractivity contribution in [1.82, 2.24) is 16.1 Å². The second-order valence-corrected chi connectivity index (χ2v) is 5.28. The standard InChI is InChI=1S/C15H21N5O2/c1-20(2)12-5-3-11(4-6-12)10-18-19-14(21)9-13-15(22)17-8-7-16-13/h3-6,10,13,16H,7-9H2,1-2H3,(H,17,22)(H,19,21)/b18-10-/t13-/m0/s1. The summed E-state index contributed by atoms with van der Waals surface area (Å²) in [4.78, 5) is 25.3. The minimum atomic E-state index is -0.483. The number of nitrogens with zero attached hydrogens (tertiary/aromatic N) is 2. The summed E-state index contributed by atoms with van der Waals surface area (Å²) in [6.07, 6.45) is 1.65. The molecule has 118 valence electrons. The molecule has 0 radical (unpaired) electrons. The van der Waals surface area contributed by atoms with Crippen LogP contribution in [0.4, 0.5) is 5.69 Å². The molecule has 7 nitrogen and oxygen atoms in total. The van der Waals surface area contributed by atoms with Gasteiger partial charge in [-0.05, 0) is 17.7 Å². The third-order valence-electron chi connectivity index (χ3n) is 3.33. The van der Waals surface area contributed by atoms with E-state index in [1.807, 2.05) is 43.3 Å². The molecule has 1 aromatic rings. The van der Waals surface area contributed by atoms with Crippen LogP contribution in [0.5, 0.6) is 0 Å². The number of carbonyl (C=O) groups is 2. The number of hydrazone groups is 1. The summed E-state index contributed by atoms with van der Waals surface area (Å²) in [7, 11) is 3.94. The number of rotatable bonds is 5. The van der Waals surface area contributed by atoms with Crippen LogP contribution in [0.25, 0.3) is 0 Å². The Morgan fingerprint density at radius 1 is 1.36 bits per heavy atom. The average molecular weight is 303 g/mol. The van der Waals surface area contributed by atoms with Gasteiger partial charge in [0.15, 0.2) is 0 Å². The first-order valence-electron chi connectivity index (χ1n) is 7.16. The second kappa shape index (κ2) is 7.56. The first-order chi connectivity index (χ1) is 10.6. The van der Waals surface area contributed by atoms with E-state index in [0.29, 0.717) is 13.1 Å². The van der Waals surface area contributed by atoms with Crippen LogP contribution in [0.2, 0.25) is 0 Å². The lowest BCUT2D eigenvalue weighted by atomic mass is 10.1. The maximum atomic E-state index is 11.7. The van der Waals surface area contributed by atoms with E-state index in [-0.39, 0.29) is 18.2 Å². The molecule has 1 aliphatic heterocycles. The Labute approximate surface area is 129 Å². The molecule has 1 atom stereocenters. The first-order valence-corrected chi connectivity index (χ1v) is 7.16. The highest BCUT2D eigenvalue weighted by Crippen LogP contribution is 2.10. The van der Waals surface area contributed by atoms with Crippen molar-refractivity contribution in [1.29, 1.82) is 0 Å². The van der Waals surface area contributed by atoms with Gasteiger partial charge < -0.3 is 15.5 Å². The predicted octanol–water partition coefficient (Wildman–Crippen LogP) is -0.319. The maximum absolute atomic E-state index is 11.7. The van der Waals surface area contributed by atoms with Gasteiger partial charge >= 0.3 is 0 Å². The molecule has 0 unspecified atom stereocenters. The van der Waals surface area contributed by atoms with Gasteiger partial charge in [-0.15, -0.1) is 0 Å². The minimum Gasteiger partial charge on any atom is -0.378 e. The fourth-order valence-corrected chi connectivity index (χ4v) is 2.08. The lowest BCUT2D eigenvalue weighted by Crippen LogP contribution is -2.54. The van der Waals surface area contributed by atoms with Gasteiger partial charge in [0.05, 0.1) is 18.7 Å². The fourth-order valence-electron chi connectivity index (χ4n) is 2.08. The Hall–Kier alpha value is -2.41. The third-order valence-corrected chi connectivity index (χ3v) is 3.33. The van der Waals surface area contributed by atoms with E-state index in [2.05, 4.69) is 21.2 Å². The molecule has 0 spiro atoms. The summed E-state index contributed by atoms with van der Waals surface area (Å²) in [5.74, 6) is -0.444. The van der Waals surface area contributed by atoms with Crippen molar-refractivity contribution in [3.8, 4) is 0 Å². The van der Waals surface area contributed by atoms with Crippen LogP contribution in [0, 0.1) is 0 Å². The summed E-state index contributed by atoms with van der Waals surface area (Å²) in [6, 6.07) is 7.30. The summed E-state index contributed by atoms with van der Waals surface area (Å²) in [6.45, 7) is 1.27. The van der Waals surface area contributed by atoms with Crippen molar-refractivity contribution in [3.63, 3.8) is 0 Å². The molecule has 1 aliphatic rings. The van der Waals surface area contributed by atoms with E-state index in [1.54, 1.807) is 6.21 Å². The number of carbonyl (C=O) groups excluding carboxylic acids is 2. The highest BCUT2D eigenvalue weighted by molar-refractivity contribution is 5.89. The topological polar surface area (TPSA) is 85.8 Å². The summed E-state index contributed by atoms with van der Waals surface area (Å²) >= 11 is 0.